The Morgan fingerprint density at radius 1 is 1.45 bits per heavy atom. The minimum atomic E-state index is -0.0221. The number of urea groups is 1. The maximum absolute atomic E-state index is 12.5. The van der Waals surface area contributed by atoms with Crippen LogP contribution < -0.4 is 10.1 Å². The normalized spacial score (nSPS) is 26.3. The number of fused-ring (bicyclic) bond motifs is 2. The first-order valence-corrected chi connectivity index (χ1v) is 7.94. The van der Waals surface area contributed by atoms with E-state index in [-0.39, 0.29) is 24.6 Å². The van der Waals surface area contributed by atoms with Crippen molar-refractivity contribution in [2.75, 3.05) is 13.7 Å². The molecule has 2 heterocycles. The molecule has 0 spiro atoms. The Balaban J connectivity index is 1.64. The summed E-state index contributed by atoms with van der Waals surface area (Å²) < 4.78 is 5.38. The van der Waals surface area contributed by atoms with Gasteiger partial charge in [-0.1, -0.05) is 12.1 Å². The van der Waals surface area contributed by atoms with E-state index >= 15 is 0 Å². The molecule has 22 heavy (non-hydrogen) atoms. The predicted octanol–water partition coefficient (Wildman–Crippen LogP) is 2.06. The molecule has 5 nitrogen and oxygen atoms in total. The first kappa shape index (κ1) is 15.2. The van der Waals surface area contributed by atoms with Crippen molar-refractivity contribution in [3.63, 3.8) is 0 Å². The van der Waals surface area contributed by atoms with E-state index in [0.29, 0.717) is 12.6 Å². The molecule has 3 atom stereocenters. The van der Waals surface area contributed by atoms with E-state index in [1.807, 2.05) is 30.0 Å². The van der Waals surface area contributed by atoms with E-state index < -0.39 is 0 Å². The molecule has 2 amide bonds. The van der Waals surface area contributed by atoms with Crippen molar-refractivity contribution in [1.29, 1.82) is 0 Å². The summed E-state index contributed by atoms with van der Waals surface area (Å²) in [6.45, 7) is 2.65. The molecular formula is C17H24N2O3. The SMILES string of the molecule is COc1cc(C)ccc1CNC(=O)N1C2CCC1C(CO)C2. The minimum Gasteiger partial charge on any atom is -0.496 e. The van der Waals surface area contributed by atoms with Gasteiger partial charge in [0.15, 0.2) is 0 Å². The van der Waals surface area contributed by atoms with Gasteiger partial charge in [-0.15, -0.1) is 0 Å². The summed E-state index contributed by atoms with van der Waals surface area (Å²) in [5.74, 6) is 1.05. The zero-order valence-corrected chi connectivity index (χ0v) is 13.2. The molecule has 0 radical (unpaired) electrons. The van der Waals surface area contributed by atoms with Crippen LogP contribution in [0.2, 0.25) is 0 Å². The highest BCUT2D eigenvalue weighted by Crippen LogP contribution is 2.41. The van der Waals surface area contributed by atoms with Crippen LogP contribution in [0.25, 0.3) is 0 Å². The smallest absolute Gasteiger partial charge is 0.318 e. The van der Waals surface area contributed by atoms with Crippen LogP contribution in [0.4, 0.5) is 4.79 Å². The number of carbonyl (C=O) groups is 1. The van der Waals surface area contributed by atoms with Gasteiger partial charge in [0.05, 0.1) is 7.11 Å². The number of nitrogens with one attached hydrogen (secondary N) is 1. The second-order valence-corrected chi connectivity index (χ2v) is 6.36. The molecule has 0 saturated carbocycles. The zero-order chi connectivity index (χ0) is 15.7. The molecule has 5 heteroatoms. The third kappa shape index (κ3) is 2.65. The molecular weight excluding hydrogens is 280 g/mol. The monoisotopic (exact) mass is 304 g/mol. The van der Waals surface area contributed by atoms with Crippen LogP contribution >= 0.6 is 0 Å². The van der Waals surface area contributed by atoms with Crippen LogP contribution in [0.5, 0.6) is 5.75 Å². The number of hydrogen-bond donors (Lipinski definition) is 2. The minimum absolute atomic E-state index is 0.0221. The first-order chi connectivity index (χ1) is 10.6. The molecule has 2 N–H and O–H groups in total. The van der Waals surface area contributed by atoms with Gasteiger partial charge in [0.1, 0.15) is 5.75 Å². The molecule has 2 aliphatic rings. The molecule has 1 aromatic carbocycles. The summed E-state index contributed by atoms with van der Waals surface area (Å²) in [5, 5.41) is 12.4. The Bertz CT molecular complexity index is 561. The standard InChI is InChI=1S/C17H24N2O3/c1-11-3-4-12(16(7-11)22-2)9-18-17(21)19-14-5-6-15(19)13(8-14)10-20/h3-4,7,13-15,20H,5-6,8-10H2,1-2H3,(H,18,21). The molecule has 2 saturated heterocycles. The van der Waals surface area contributed by atoms with Crippen molar-refractivity contribution < 1.29 is 14.6 Å². The number of aliphatic hydroxyl groups is 1. The molecule has 0 aromatic heterocycles. The van der Waals surface area contributed by atoms with Gasteiger partial charge in [0, 0.05) is 36.7 Å². The second-order valence-electron chi connectivity index (χ2n) is 6.36. The van der Waals surface area contributed by atoms with Crippen LogP contribution in [0.1, 0.15) is 30.4 Å². The lowest BCUT2D eigenvalue weighted by molar-refractivity contribution is 0.169. The fourth-order valence-corrected chi connectivity index (χ4v) is 3.89. The first-order valence-electron chi connectivity index (χ1n) is 7.94. The number of aryl methyl sites for hydroxylation is 1. The number of benzene rings is 1. The maximum atomic E-state index is 12.5. The Labute approximate surface area is 131 Å². The van der Waals surface area contributed by atoms with Crippen LogP contribution in [0.15, 0.2) is 18.2 Å². The van der Waals surface area contributed by atoms with Gasteiger partial charge < -0.3 is 20.1 Å². The van der Waals surface area contributed by atoms with E-state index in [9.17, 15) is 9.90 Å². The number of carbonyl (C=O) groups excluding carboxylic acids is 1. The molecule has 1 aromatic rings. The Hall–Kier alpha value is -1.75. The van der Waals surface area contributed by atoms with Gasteiger partial charge in [0.2, 0.25) is 0 Å². The Morgan fingerprint density at radius 3 is 2.95 bits per heavy atom. The molecule has 2 fully saturated rings. The van der Waals surface area contributed by atoms with Crippen molar-refractivity contribution in [2.24, 2.45) is 5.92 Å². The summed E-state index contributed by atoms with van der Waals surface area (Å²) in [5.41, 5.74) is 2.11. The van der Waals surface area contributed by atoms with E-state index in [1.54, 1.807) is 7.11 Å². The summed E-state index contributed by atoms with van der Waals surface area (Å²) in [7, 11) is 1.65. The second kappa shape index (κ2) is 6.16. The molecule has 2 aliphatic heterocycles. The number of methoxy groups -OCH3 is 1. The van der Waals surface area contributed by atoms with E-state index in [0.717, 1.165) is 36.1 Å². The zero-order valence-electron chi connectivity index (χ0n) is 13.2. The van der Waals surface area contributed by atoms with E-state index in [4.69, 9.17) is 4.74 Å². The van der Waals surface area contributed by atoms with Gasteiger partial charge in [-0.3, -0.25) is 0 Å². The number of ether oxygens (including phenoxy) is 1. The van der Waals surface area contributed by atoms with Crippen LogP contribution in [0.3, 0.4) is 0 Å². The maximum Gasteiger partial charge on any atom is 0.318 e. The summed E-state index contributed by atoms with van der Waals surface area (Å²) in [6.07, 6.45) is 3.00. The fraction of sp³-hybridized carbons (Fsp3) is 0.588. The number of nitrogens with zero attached hydrogens (tertiary/aromatic N) is 1. The molecule has 3 rings (SSSR count). The number of amides is 2. The predicted molar refractivity (Wildman–Crippen MR) is 83.8 cm³/mol. The van der Waals surface area contributed by atoms with Crippen molar-refractivity contribution in [1.82, 2.24) is 10.2 Å². The topological polar surface area (TPSA) is 61.8 Å². The molecule has 120 valence electrons. The van der Waals surface area contributed by atoms with Gasteiger partial charge >= 0.3 is 6.03 Å². The van der Waals surface area contributed by atoms with E-state index in [2.05, 4.69) is 5.32 Å². The third-order valence-corrected chi connectivity index (χ3v) is 5.01. The molecule has 3 unspecified atom stereocenters. The number of rotatable bonds is 4. The highest BCUT2D eigenvalue weighted by Gasteiger charge is 2.48. The lowest BCUT2D eigenvalue weighted by Gasteiger charge is -2.24. The highest BCUT2D eigenvalue weighted by molar-refractivity contribution is 5.76. The highest BCUT2D eigenvalue weighted by atomic mass is 16.5. The van der Waals surface area contributed by atoms with Crippen molar-refractivity contribution >= 4 is 6.03 Å². The van der Waals surface area contributed by atoms with Gasteiger partial charge in [-0.25, -0.2) is 4.79 Å². The Kier molecular flexibility index (Phi) is 4.25. The average molecular weight is 304 g/mol. The van der Waals surface area contributed by atoms with Crippen molar-refractivity contribution in [3.8, 4) is 5.75 Å². The largest absolute Gasteiger partial charge is 0.496 e. The lowest BCUT2D eigenvalue weighted by atomic mass is 9.90. The van der Waals surface area contributed by atoms with Crippen molar-refractivity contribution in [3.05, 3.63) is 29.3 Å². The van der Waals surface area contributed by atoms with Gasteiger partial charge in [-0.2, -0.15) is 0 Å². The summed E-state index contributed by atoms with van der Waals surface area (Å²) in [6, 6.07) is 6.46. The summed E-state index contributed by atoms with van der Waals surface area (Å²) in [4.78, 5) is 14.4. The number of aliphatic hydroxyl groups excluding tert-OH is 1. The van der Waals surface area contributed by atoms with E-state index in [1.165, 1.54) is 0 Å². The van der Waals surface area contributed by atoms with Gasteiger partial charge in [0.25, 0.3) is 0 Å². The Morgan fingerprint density at radius 2 is 2.27 bits per heavy atom. The third-order valence-electron chi connectivity index (χ3n) is 5.01. The number of hydrogen-bond acceptors (Lipinski definition) is 3. The lowest BCUT2D eigenvalue weighted by Crippen LogP contribution is -2.43. The van der Waals surface area contributed by atoms with Crippen molar-refractivity contribution in [2.45, 2.75) is 44.8 Å². The van der Waals surface area contributed by atoms with Gasteiger partial charge in [-0.05, 0) is 37.8 Å². The average Bonchev–Trinajstić information content (AvgIpc) is 3.10. The fourth-order valence-electron chi connectivity index (χ4n) is 3.89. The van der Waals surface area contributed by atoms with Crippen LogP contribution in [-0.4, -0.2) is 41.8 Å². The summed E-state index contributed by atoms with van der Waals surface area (Å²) >= 11 is 0. The molecule has 2 bridgehead atoms. The van der Waals surface area contributed by atoms with Crippen LogP contribution in [0, 0.1) is 12.8 Å². The quantitative estimate of drug-likeness (QED) is 0.895. The van der Waals surface area contributed by atoms with Crippen LogP contribution in [-0.2, 0) is 6.54 Å². The molecule has 0 aliphatic carbocycles.